The fraction of sp³-hybridized carbons (Fsp3) is 0.417. The van der Waals surface area contributed by atoms with Crippen molar-refractivity contribution in [2.45, 2.75) is 65.2 Å². The van der Waals surface area contributed by atoms with Gasteiger partial charge in [0, 0.05) is 24.2 Å². The van der Waals surface area contributed by atoms with E-state index in [4.69, 9.17) is 21.7 Å². The Morgan fingerprint density at radius 3 is 1.10 bits per heavy atom. The van der Waals surface area contributed by atoms with Gasteiger partial charge < -0.3 is 21.7 Å². The monoisotopic (exact) mass is 416 g/mol. The zero-order valence-electron chi connectivity index (χ0n) is 18.1. The number of carbonyl (C=O) groups is 2. The third-order valence-electron chi connectivity index (χ3n) is 4.19. The van der Waals surface area contributed by atoms with E-state index in [1.165, 1.54) is 11.1 Å². The summed E-state index contributed by atoms with van der Waals surface area (Å²) in [5.41, 5.74) is 15.0. The molecule has 0 saturated carbocycles. The molecule has 2 rings (SSSR count). The molecule has 30 heavy (non-hydrogen) atoms. The summed E-state index contributed by atoms with van der Waals surface area (Å²) in [7, 11) is 0. The summed E-state index contributed by atoms with van der Waals surface area (Å²) in [5, 5.41) is 16.7. The zero-order valence-corrected chi connectivity index (χ0v) is 18.1. The van der Waals surface area contributed by atoms with Crippen molar-refractivity contribution in [1.29, 1.82) is 0 Å². The number of carboxylic acids is 2. The SMILES string of the molecule is Cc1ccc(N)cc1.Cc1ccc(N)cc1.O=C(O)CCCCCCCCC(=O)O. The second-order valence-electron chi connectivity index (χ2n) is 7.23. The molecular weight excluding hydrogens is 380 g/mol. The predicted molar refractivity (Wildman–Crippen MR) is 123 cm³/mol. The van der Waals surface area contributed by atoms with E-state index in [-0.39, 0.29) is 12.8 Å². The van der Waals surface area contributed by atoms with Gasteiger partial charge in [0.05, 0.1) is 0 Å². The molecule has 6 N–H and O–H groups in total. The topological polar surface area (TPSA) is 127 Å². The van der Waals surface area contributed by atoms with Crippen LogP contribution in [-0.2, 0) is 9.59 Å². The molecule has 0 atom stereocenters. The molecule has 0 fully saturated rings. The Morgan fingerprint density at radius 2 is 0.867 bits per heavy atom. The highest BCUT2D eigenvalue weighted by atomic mass is 16.4. The summed E-state index contributed by atoms with van der Waals surface area (Å²) in [6.45, 7) is 4.08. The molecule has 6 nitrogen and oxygen atoms in total. The number of hydrogen-bond donors (Lipinski definition) is 4. The lowest BCUT2D eigenvalue weighted by atomic mass is 10.1. The van der Waals surface area contributed by atoms with Crippen molar-refractivity contribution in [1.82, 2.24) is 0 Å². The molecule has 0 saturated heterocycles. The average molecular weight is 417 g/mol. The molecule has 0 aliphatic heterocycles. The first-order valence-corrected chi connectivity index (χ1v) is 10.3. The van der Waals surface area contributed by atoms with Crippen LogP contribution in [0, 0.1) is 13.8 Å². The molecular formula is C24H36N2O4. The van der Waals surface area contributed by atoms with Crippen molar-refractivity contribution in [2.24, 2.45) is 0 Å². The zero-order chi connectivity index (χ0) is 22.8. The Kier molecular flexibility index (Phi) is 15.2. The number of carboxylic acid groups (broad SMARTS) is 2. The van der Waals surface area contributed by atoms with Gasteiger partial charge >= 0.3 is 11.9 Å². The highest BCUT2D eigenvalue weighted by Crippen LogP contribution is 2.08. The summed E-state index contributed by atoms with van der Waals surface area (Å²) >= 11 is 0. The van der Waals surface area contributed by atoms with E-state index < -0.39 is 11.9 Å². The average Bonchev–Trinajstić information content (AvgIpc) is 2.69. The normalized spacial score (nSPS) is 9.53. The van der Waals surface area contributed by atoms with Gasteiger partial charge in [0.1, 0.15) is 0 Å². The maximum absolute atomic E-state index is 10.1. The molecule has 2 aromatic rings. The van der Waals surface area contributed by atoms with Crippen LogP contribution in [0.5, 0.6) is 0 Å². The van der Waals surface area contributed by atoms with Crippen LogP contribution in [0.15, 0.2) is 48.5 Å². The van der Waals surface area contributed by atoms with Gasteiger partial charge in [-0.05, 0) is 51.0 Å². The molecule has 6 heteroatoms. The first kappa shape index (κ1) is 27.0. The molecule has 0 heterocycles. The number of nitrogens with two attached hydrogens (primary N) is 2. The van der Waals surface area contributed by atoms with Crippen molar-refractivity contribution in [3.63, 3.8) is 0 Å². The van der Waals surface area contributed by atoms with E-state index in [1.807, 2.05) is 62.4 Å². The molecule has 166 valence electrons. The number of rotatable bonds is 9. The third-order valence-corrected chi connectivity index (χ3v) is 4.19. The molecule has 0 bridgehead atoms. The van der Waals surface area contributed by atoms with E-state index in [9.17, 15) is 9.59 Å². The van der Waals surface area contributed by atoms with Gasteiger partial charge in [-0.1, -0.05) is 61.1 Å². The first-order valence-electron chi connectivity index (χ1n) is 10.3. The number of nitrogen functional groups attached to an aromatic ring is 2. The fourth-order valence-corrected chi connectivity index (χ4v) is 2.39. The molecule has 0 aromatic heterocycles. The van der Waals surface area contributed by atoms with E-state index in [2.05, 4.69) is 0 Å². The van der Waals surface area contributed by atoms with Crippen molar-refractivity contribution < 1.29 is 19.8 Å². The minimum absolute atomic E-state index is 0.245. The molecule has 0 amide bonds. The number of aliphatic carboxylic acids is 2. The molecule has 0 aliphatic carbocycles. The van der Waals surface area contributed by atoms with Gasteiger partial charge in [-0.25, -0.2) is 0 Å². The lowest BCUT2D eigenvalue weighted by Gasteiger charge is -1.98. The quantitative estimate of drug-likeness (QED) is 0.319. The highest BCUT2D eigenvalue weighted by molar-refractivity contribution is 5.66. The van der Waals surface area contributed by atoms with Crippen LogP contribution in [0.1, 0.15) is 62.5 Å². The first-order chi connectivity index (χ1) is 14.2. The largest absolute Gasteiger partial charge is 0.481 e. The summed E-state index contributed by atoms with van der Waals surface area (Å²) in [6, 6.07) is 15.6. The van der Waals surface area contributed by atoms with Crippen LogP contribution in [0.2, 0.25) is 0 Å². The molecule has 0 radical (unpaired) electrons. The summed E-state index contributed by atoms with van der Waals surface area (Å²) in [4.78, 5) is 20.3. The standard InChI is InChI=1S/C10H18O4.2C7H9N/c11-9(12)7-5-3-1-2-4-6-8-10(13)14;2*1-6-2-4-7(8)5-3-6/h1-8H2,(H,11,12)(H,13,14);2*2-5H,8H2,1H3. The van der Waals surface area contributed by atoms with Crippen LogP contribution in [0.3, 0.4) is 0 Å². The second kappa shape index (κ2) is 16.9. The van der Waals surface area contributed by atoms with Crippen LogP contribution in [-0.4, -0.2) is 22.2 Å². The molecule has 0 aliphatic rings. The van der Waals surface area contributed by atoms with E-state index in [1.54, 1.807) is 0 Å². The second-order valence-corrected chi connectivity index (χ2v) is 7.23. The van der Waals surface area contributed by atoms with E-state index >= 15 is 0 Å². The summed E-state index contributed by atoms with van der Waals surface area (Å²) < 4.78 is 0. The minimum Gasteiger partial charge on any atom is -0.481 e. The molecule has 0 spiro atoms. The van der Waals surface area contributed by atoms with Gasteiger partial charge in [0.25, 0.3) is 0 Å². The Bertz CT molecular complexity index is 607. The van der Waals surface area contributed by atoms with Crippen molar-refractivity contribution in [2.75, 3.05) is 11.5 Å². The number of aryl methyl sites for hydroxylation is 2. The smallest absolute Gasteiger partial charge is 0.303 e. The highest BCUT2D eigenvalue weighted by Gasteiger charge is 1.98. The van der Waals surface area contributed by atoms with Crippen molar-refractivity contribution in [3.05, 3.63) is 59.7 Å². The van der Waals surface area contributed by atoms with Crippen LogP contribution >= 0.6 is 0 Å². The minimum atomic E-state index is -0.740. The Balaban J connectivity index is 0.000000447. The fourth-order valence-electron chi connectivity index (χ4n) is 2.39. The number of benzene rings is 2. The van der Waals surface area contributed by atoms with Crippen LogP contribution in [0.4, 0.5) is 11.4 Å². The van der Waals surface area contributed by atoms with Gasteiger partial charge in [0.15, 0.2) is 0 Å². The van der Waals surface area contributed by atoms with Gasteiger partial charge in [-0.3, -0.25) is 9.59 Å². The van der Waals surface area contributed by atoms with Crippen LogP contribution < -0.4 is 11.5 Å². The van der Waals surface area contributed by atoms with Gasteiger partial charge in [-0.2, -0.15) is 0 Å². The third kappa shape index (κ3) is 18.3. The van der Waals surface area contributed by atoms with E-state index in [0.29, 0.717) is 0 Å². The number of unbranched alkanes of at least 4 members (excludes halogenated alkanes) is 5. The lowest BCUT2D eigenvalue weighted by molar-refractivity contribution is -0.138. The molecule has 0 unspecified atom stereocenters. The van der Waals surface area contributed by atoms with Gasteiger partial charge in [-0.15, -0.1) is 0 Å². The molecule has 2 aromatic carbocycles. The lowest BCUT2D eigenvalue weighted by Crippen LogP contribution is -1.94. The maximum Gasteiger partial charge on any atom is 0.303 e. The van der Waals surface area contributed by atoms with Gasteiger partial charge in [0.2, 0.25) is 0 Å². The van der Waals surface area contributed by atoms with E-state index in [0.717, 1.165) is 49.9 Å². The Morgan fingerprint density at radius 1 is 0.600 bits per heavy atom. The Hall–Kier alpha value is -3.02. The maximum atomic E-state index is 10.1. The van der Waals surface area contributed by atoms with Crippen molar-refractivity contribution >= 4 is 23.3 Å². The summed E-state index contributed by atoms with van der Waals surface area (Å²) in [5.74, 6) is -1.48. The summed E-state index contributed by atoms with van der Waals surface area (Å²) in [6.07, 6.45) is 5.82. The van der Waals surface area contributed by atoms with Crippen molar-refractivity contribution in [3.8, 4) is 0 Å². The Labute approximate surface area is 179 Å². The number of hydrogen-bond acceptors (Lipinski definition) is 4. The predicted octanol–water partition coefficient (Wildman–Crippen LogP) is 5.43. The number of anilines is 2. The van der Waals surface area contributed by atoms with Crippen LogP contribution in [0.25, 0.3) is 0 Å².